The number of nitrogens with one attached hydrogen (secondary N) is 1. The molecule has 34 heavy (non-hydrogen) atoms. The fourth-order valence-electron chi connectivity index (χ4n) is 4.77. The Hall–Kier alpha value is -3.19. The van der Waals surface area contributed by atoms with Crippen molar-refractivity contribution < 1.29 is 9.72 Å². The fourth-order valence-corrected chi connectivity index (χ4v) is 4.77. The summed E-state index contributed by atoms with van der Waals surface area (Å²) < 4.78 is 0. The maximum absolute atomic E-state index is 13.4. The maximum Gasteiger partial charge on any atom is 0.270 e. The Labute approximate surface area is 200 Å². The van der Waals surface area contributed by atoms with Crippen LogP contribution in [0.1, 0.15) is 56.7 Å². The van der Waals surface area contributed by atoms with Gasteiger partial charge in [-0.05, 0) is 34.7 Å². The van der Waals surface area contributed by atoms with Crippen molar-refractivity contribution in [2.45, 2.75) is 45.4 Å². The van der Waals surface area contributed by atoms with Gasteiger partial charge in [0.05, 0.1) is 4.92 Å². The molecule has 0 radical (unpaired) electrons. The highest BCUT2D eigenvalue weighted by Gasteiger charge is 2.27. The van der Waals surface area contributed by atoms with E-state index >= 15 is 0 Å². The van der Waals surface area contributed by atoms with Gasteiger partial charge in [0.1, 0.15) is 0 Å². The van der Waals surface area contributed by atoms with Gasteiger partial charge in [-0.25, -0.2) is 0 Å². The molecule has 7 nitrogen and oxygen atoms in total. The van der Waals surface area contributed by atoms with Crippen LogP contribution in [0, 0.1) is 10.1 Å². The van der Waals surface area contributed by atoms with E-state index in [9.17, 15) is 14.9 Å². The predicted molar refractivity (Wildman–Crippen MR) is 135 cm³/mol. The number of rotatable bonds is 6. The van der Waals surface area contributed by atoms with Crippen LogP contribution < -0.4 is 0 Å². The second-order valence-electron chi connectivity index (χ2n) is 10.2. The minimum absolute atomic E-state index is 0.0319. The number of carbonyl (C=O) groups excluding carboxylic acids is 1. The van der Waals surface area contributed by atoms with Gasteiger partial charge in [0.25, 0.3) is 5.69 Å². The number of hydrogen-bond donors (Lipinski definition) is 1. The quantitative estimate of drug-likeness (QED) is 0.410. The summed E-state index contributed by atoms with van der Waals surface area (Å²) in [6, 6.07) is 13.3. The van der Waals surface area contributed by atoms with Gasteiger partial charge in [0, 0.05) is 67.8 Å². The minimum atomic E-state index is -0.373. The lowest BCUT2D eigenvalue weighted by Crippen LogP contribution is -2.48. The zero-order valence-electron chi connectivity index (χ0n) is 20.5. The number of piperazine rings is 1. The zero-order chi connectivity index (χ0) is 24.5. The van der Waals surface area contributed by atoms with Crippen molar-refractivity contribution in [3.63, 3.8) is 0 Å². The number of benzene rings is 2. The number of nitrogens with zero attached hydrogens (tertiary/aromatic N) is 3. The number of carbonyl (C=O) groups is 1. The van der Waals surface area contributed by atoms with Crippen molar-refractivity contribution >= 4 is 22.5 Å². The van der Waals surface area contributed by atoms with Crippen LogP contribution in [0.25, 0.3) is 10.9 Å². The van der Waals surface area contributed by atoms with E-state index in [2.05, 4.69) is 61.8 Å². The lowest BCUT2D eigenvalue weighted by molar-refractivity contribution is -0.384. The SMILES string of the molecule is CCN1CCN(C(=O)CC(c2ccc(C(C)(C)C)cc2)c2c[nH]c3ccc([N+](=O)[O-])cc23)CC1. The Bertz CT molecular complexity index is 1170. The minimum Gasteiger partial charge on any atom is -0.361 e. The molecule has 1 atom stereocenters. The molecule has 0 saturated carbocycles. The van der Waals surface area contributed by atoms with Crippen molar-refractivity contribution in [3.8, 4) is 0 Å². The third kappa shape index (κ3) is 4.99. The molecule has 0 aliphatic carbocycles. The van der Waals surface area contributed by atoms with Crippen LogP contribution in [-0.4, -0.2) is 58.3 Å². The van der Waals surface area contributed by atoms with Crippen LogP contribution in [0.4, 0.5) is 5.69 Å². The smallest absolute Gasteiger partial charge is 0.270 e. The maximum atomic E-state index is 13.4. The topological polar surface area (TPSA) is 82.5 Å². The molecular weight excluding hydrogens is 428 g/mol. The molecule has 1 aromatic heterocycles. The van der Waals surface area contributed by atoms with Gasteiger partial charge in [0.2, 0.25) is 5.91 Å². The van der Waals surface area contributed by atoms with Crippen molar-refractivity contribution in [1.29, 1.82) is 0 Å². The van der Waals surface area contributed by atoms with E-state index in [1.807, 2.05) is 11.1 Å². The Morgan fingerprint density at radius 1 is 1.09 bits per heavy atom. The van der Waals surface area contributed by atoms with E-state index in [0.717, 1.165) is 54.8 Å². The number of nitro benzene ring substituents is 1. The average molecular weight is 463 g/mol. The van der Waals surface area contributed by atoms with E-state index in [1.165, 1.54) is 11.6 Å². The molecule has 2 heterocycles. The van der Waals surface area contributed by atoms with Gasteiger partial charge in [-0.3, -0.25) is 14.9 Å². The molecular formula is C27H34N4O3. The number of amides is 1. The number of nitro groups is 1. The van der Waals surface area contributed by atoms with Gasteiger partial charge >= 0.3 is 0 Å². The molecule has 1 saturated heterocycles. The number of likely N-dealkylation sites (N-methyl/N-ethyl adjacent to an activating group) is 1. The van der Waals surface area contributed by atoms with E-state index in [4.69, 9.17) is 0 Å². The number of fused-ring (bicyclic) bond motifs is 1. The molecule has 180 valence electrons. The zero-order valence-corrected chi connectivity index (χ0v) is 20.5. The molecule has 2 aromatic carbocycles. The summed E-state index contributed by atoms with van der Waals surface area (Å²) >= 11 is 0. The van der Waals surface area contributed by atoms with Crippen molar-refractivity contribution in [1.82, 2.24) is 14.8 Å². The van der Waals surface area contributed by atoms with Crippen LogP contribution in [0.3, 0.4) is 0 Å². The normalized spacial score (nSPS) is 16.1. The first kappa shape index (κ1) is 24.0. The predicted octanol–water partition coefficient (Wildman–Crippen LogP) is 5.06. The largest absolute Gasteiger partial charge is 0.361 e. The van der Waals surface area contributed by atoms with Crippen molar-refractivity contribution in [2.24, 2.45) is 0 Å². The average Bonchev–Trinajstić information content (AvgIpc) is 3.25. The van der Waals surface area contributed by atoms with Crippen molar-refractivity contribution in [3.05, 3.63) is 75.5 Å². The number of H-pyrrole nitrogens is 1. The lowest BCUT2D eigenvalue weighted by Gasteiger charge is -2.35. The van der Waals surface area contributed by atoms with Crippen LogP contribution in [0.15, 0.2) is 48.7 Å². The Balaban J connectivity index is 1.70. The van der Waals surface area contributed by atoms with Gasteiger partial charge in [0.15, 0.2) is 0 Å². The first-order valence-electron chi connectivity index (χ1n) is 12.0. The summed E-state index contributed by atoms with van der Waals surface area (Å²) in [5, 5.41) is 12.2. The summed E-state index contributed by atoms with van der Waals surface area (Å²) in [7, 11) is 0. The summed E-state index contributed by atoms with van der Waals surface area (Å²) in [4.78, 5) is 32.0. The molecule has 1 amide bonds. The molecule has 7 heteroatoms. The molecule has 4 rings (SSSR count). The van der Waals surface area contributed by atoms with E-state index in [1.54, 1.807) is 12.1 Å². The summed E-state index contributed by atoms with van der Waals surface area (Å²) in [6.45, 7) is 12.9. The summed E-state index contributed by atoms with van der Waals surface area (Å²) in [5.74, 6) is -0.0677. The second-order valence-corrected chi connectivity index (χ2v) is 10.2. The Morgan fingerprint density at radius 2 is 1.76 bits per heavy atom. The number of hydrogen-bond acceptors (Lipinski definition) is 4. The highest BCUT2D eigenvalue weighted by atomic mass is 16.6. The van der Waals surface area contributed by atoms with Crippen LogP contribution >= 0.6 is 0 Å². The monoisotopic (exact) mass is 462 g/mol. The standard InChI is InChI=1S/C27H34N4O3/c1-5-29-12-14-30(15-13-29)26(32)17-22(19-6-8-20(9-7-19)27(2,3)4)24-18-28-25-11-10-21(31(33)34)16-23(24)25/h6-11,16,18,22,28H,5,12-15,17H2,1-4H3. The highest BCUT2D eigenvalue weighted by Crippen LogP contribution is 2.36. The Morgan fingerprint density at radius 3 is 2.35 bits per heavy atom. The second kappa shape index (κ2) is 9.58. The molecule has 0 bridgehead atoms. The first-order valence-corrected chi connectivity index (χ1v) is 12.0. The van der Waals surface area contributed by atoms with Gasteiger partial charge < -0.3 is 14.8 Å². The number of aromatic amines is 1. The van der Waals surface area contributed by atoms with Gasteiger partial charge in [-0.1, -0.05) is 52.0 Å². The van der Waals surface area contributed by atoms with Crippen molar-refractivity contribution in [2.75, 3.05) is 32.7 Å². The van der Waals surface area contributed by atoms with Crippen LogP contribution in [-0.2, 0) is 10.2 Å². The summed E-state index contributed by atoms with van der Waals surface area (Å²) in [6.07, 6.45) is 2.23. The number of aromatic nitrogens is 1. The Kier molecular flexibility index (Phi) is 6.75. The fraction of sp³-hybridized carbons (Fsp3) is 0.444. The van der Waals surface area contributed by atoms with E-state index in [-0.39, 0.29) is 27.9 Å². The van der Waals surface area contributed by atoms with Gasteiger partial charge in [-0.15, -0.1) is 0 Å². The third-order valence-corrected chi connectivity index (χ3v) is 7.01. The third-order valence-electron chi connectivity index (χ3n) is 7.01. The van der Waals surface area contributed by atoms with E-state index < -0.39 is 0 Å². The van der Waals surface area contributed by atoms with Crippen LogP contribution in [0.2, 0.25) is 0 Å². The molecule has 1 unspecified atom stereocenters. The summed E-state index contributed by atoms with van der Waals surface area (Å²) in [5.41, 5.74) is 4.11. The first-order chi connectivity index (χ1) is 16.2. The molecule has 1 aliphatic rings. The molecule has 1 fully saturated rings. The highest BCUT2D eigenvalue weighted by molar-refractivity contribution is 5.87. The number of non-ortho nitro benzene ring substituents is 1. The van der Waals surface area contributed by atoms with Crippen LogP contribution in [0.5, 0.6) is 0 Å². The molecule has 3 aromatic rings. The lowest BCUT2D eigenvalue weighted by atomic mass is 9.83. The molecule has 1 N–H and O–H groups in total. The molecule has 0 spiro atoms. The van der Waals surface area contributed by atoms with E-state index in [0.29, 0.717) is 6.42 Å². The molecule has 1 aliphatic heterocycles. The van der Waals surface area contributed by atoms with Gasteiger partial charge in [-0.2, -0.15) is 0 Å².